The van der Waals surface area contributed by atoms with Crippen LogP contribution >= 0.6 is 0 Å². The topological polar surface area (TPSA) is 135 Å². The molecule has 5 aromatic rings. The lowest BCUT2D eigenvalue weighted by Crippen LogP contribution is -2.48. The van der Waals surface area contributed by atoms with Gasteiger partial charge in [0, 0.05) is 36.6 Å². The molecule has 1 aliphatic heterocycles. The predicted molar refractivity (Wildman–Crippen MR) is 126 cm³/mol. The molecule has 1 amide bonds. The van der Waals surface area contributed by atoms with Gasteiger partial charge in [-0.15, -0.1) is 0 Å². The van der Waals surface area contributed by atoms with Crippen LogP contribution in [-0.2, 0) is 4.79 Å². The number of nitrogens with zero attached hydrogens (tertiary/aromatic N) is 5. The quantitative estimate of drug-likeness (QED) is 0.385. The lowest BCUT2D eigenvalue weighted by molar-refractivity contribution is -0.120. The fourth-order valence-corrected chi connectivity index (χ4v) is 4.37. The summed E-state index contributed by atoms with van der Waals surface area (Å²) < 4.78 is 1.95. The van der Waals surface area contributed by atoms with E-state index in [0.717, 1.165) is 16.8 Å². The van der Waals surface area contributed by atoms with Crippen molar-refractivity contribution in [3.63, 3.8) is 0 Å². The third kappa shape index (κ3) is 3.18. The molecule has 3 N–H and O–H groups in total. The first-order chi connectivity index (χ1) is 16.6. The van der Waals surface area contributed by atoms with E-state index >= 15 is 0 Å². The van der Waals surface area contributed by atoms with Crippen molar-refractivity contribution in [2.75, 3.05) is 24.5 Å². The molecule has 0 bridgehead atoms. The van der Waals surface area contributed by atoms with Gasteiger partial charge in [0.15, 0.2) is 11.5 Å². The zero-order valence-electron chi connectivity index (χ0n) is 17.9. The second kappa shape index (κ2) is 7.60. The first kappa shape index (κ1) is 19.8. The maximum absolute atomic E-state index is 12.0. The number of anilines is 1. The lowest BCUT2D eigenvalue weighted by Gasteiger charge is -2.27. The van der Waals surface area contributed by atoms with E-state index in [1.54, 1.807) is 18.3 Å². The van der Waals surface area contributed by atoms with Crippen LogP contribution in [0.3, 0.4) is 0 Å². The zero-order chi connectivity index (χ0) is 23.2. The standard InChI is InChI=1S/C24H18N8O2/c25-12-14-1-3-15(4-2-14)20-21(16-5-6-17-18(11-16)29-24(34)28-17)32-10-8-27-22(23(32)30-20)31-9-7-26-19(33)13-31/h1-6,8,10-11H,7,9,13H2,(H,26,33)(H2,28,29,34). The highest BCUT2D eigenvalue weighted by Gasteiger charge is 2.24. The van der Waals surface area contributed by atoms with Crippen LogP contribution in [0.2, 0.25) is 0 Å². The highest BCUT2D eigenvalue weighted by atomic mass is 16.2. The number of benzene rings is 2. The molecule has 10 heteroatoms. The summed E-state index contributed by atoms with van der Waals surface area (Å²) in [5, 5.41) is 12.0. The van der Waals surface area contributed by atoms with Gasteiger partial charge in [0.25, 0.3) is 0 Å². The average Bonchev–Trinajstić information content (AvgIpc) is 3.43. The molecule has 6 rings (SSSR count). The highest BCUT2D eigenvalue weighted by Crippen LogP contribution is 2.36. The Morgan fingerprint density at radius 1 is 1.00 bits per heavy atom. The van der Waals surface area contributed by atoms with E-state index in [1.807, 2.05) is 45.8 Å². The summed E-state index contributed by atoms with van der Waals surface area (Å²) in [5.41, 5.74) is 5.51. The number of piperazine rings is 1. The Kier molecular flexibility index (Phi) is 4.41. The van der Waals surface area contributed by atoms with Crippen molar-refractivity contribution in [2.24, 2.45) is 0 Å². The van der Waals surface area contributed by atoms with Crippen molar-refractivity contribution in [3.8, 4) is 28.6 Å². The first-order valence-corrected chi connectivity index (χ1v) is 10.7. The van der Waals surface area contributed by atoms with Gasteiger partial charge in [-0.25, -0.2) is 14.8 Å². The minimum absolute atomic E-state index is 0.0592. The minimum atomic E-state index is -0.271. The largest absolute Gasteiger partial charge is 0.353 e. The van der Waals surface area contributed by atoms with Crippen LogP contribution in [-0.4, -0.2) is 49.9 Å². The number of nitriles is 1. The van der Waals surface area contributed by atoms with Crippen LogP contribution in [0.15, 0.2) is 59.7 Å². The number of fused-ring (bicyclic) bond motifs is 2. The van der Waals surface area contributed by atoms with Crippen LogP contribution in [0, 0.1) is 11.3 Å². The van der Waals surface area contributed by atoms with Crippen LogP contribution in [0.25, 0.3) is 39.2 Å². The lowest BCUT2D eigenvalue weighted by atomic mass is 10.0. The summed E-state index contributed by atoms with van der Waals surface area (Å²) in [6, 6.07) is 15.1. The van der Waals surface area contributed by atoms with Crippen LogP contribution in [0.1, 0.15) is 5.56 Å². The molecule has 1 saturated heterocycles. The summed E-state index contributed by atoms with van der Waals surface area (Å²) in [5.74, 6) is 0.561. The number of hydrogen-bond donors (Lipinski definition) is 3. The second-order valence-corrected chi connectivity index (χ2v) is 8.05. The number of rotatable bonds is 3. The molecule has 0 saturated carbocycles. The number of aromatic amines is 2. The zero-order valence-corrected chi connectivity index (χ0v) is 17.9. The molecule has 2 aromatic carbocycles. The second-order valence-electron chi connectivity index (χ2n) is 8.05. The molecule has 0 spiro atoms. The first-order valence-electron chi connectivity index (χ1n) is 10.7. The van der Waals surface area contributed by atoms with Crippen LogP contribution < -0.4 is 15.9 Å². The van der Waals surface area contributed by atoms with Gasteiger partial charge < -0.3 is 20.2 Å². The highest BCUT2D eigenvalue weighted by molar-refractivity contribution is 5.90. The van der Waals surface area contributed by atoms with E-state index < -0.39 is 0 Å². The number of amides is 1. The molecule has 0 atom stereocenters. The van der Waals surface area contributed by atoms with Gasteiger partial charge >= 0.3 is 5.69 Å². The van der Waals surface area contributed by atoms with E-state index in [0.29, 0.717) is 46.8 Å². The Morgan fingerprint density at radius 3 is 2.59 bits per heavy atom. The van der Waals surface area contributed by atoms with Crippen LogP contribution in [0.4, 0.5) is 5.82 Å². The van der Waals surface area contributed by atoms with E-state index in [4.69, 9.17) is 4.98 Å². The smallest absolute Gasteiger partial charge is 0.323 e. The number of imidazole rings is 2. The van der Waals surface area contributed by atoms with Crippen molar-refractivity contribution in [1.82, 2.24) is 29.7 Å². The van der Waals surface area contributed by atoms with Gasteiger partial charge in [0.2, 0.25) is 5.91 Å². The van der Waals surface area contributed by atoms with Gasteiger partial charge in [-0.3, -0.25) is 9.20 Å². The maximum Gasteiger partial charge on any atom is 0.323 e. The van der Waals surface area contributed by atoms with Gasteiger partial charge in [-0.2, -0.15) is 5.26 Å². The molecule has 0 unspecified atom stereocenters. The molecular formula is C24H18N8O2. The van der Waals surface area contributed by atoms with Gasteiger partial charge in [-0.05, 0) is 24.3 Å². The van der Waals surface area contributed by atoms with Gasteiger partial charge in [0.1, 0.15) is 0 Å². The van der Waals surface area contributed by atoms with E-state index in [2.05, 4.69) is 26.3 Å². The number of hydrogen-bond acceptors (Lipinski definition) is 6. The summed E-state index contributed by atoms with van der Waals surface area (Å²) in [4.78, 5) is 40.8. The molecule has 10 nitrogen and oxygen atoms in total. The fraction of sp³-hybridized carbons (Fsp3) is 0.125. The monoisotopic (exact) mass is 450 g/mol. The summed E-state index contributed by atoms with van der Waals surface area (Å²) >= 11 is 0. The molecule has 1 fully saturated rings. The molecular weight excluding hydrogens is 432 g/mol. The summed E-state index contributed by atoms with van der Waals surface area (Å²) in [6.07, 6.45) is 3.53. The Bertz CT molecular complexity index is 1670. The molecule has 34 heavy (non-hydrogen) atoms. The van der Waals surface area contributed by atoms with Crippen LogP contribution in [0.5, 0.6) is 0 Å². The maximum atomic E-state index is 12.0. The molecule has 0 aliphatic carbocycles. The van der Waals surface area contributed by atoms with Gasteiger partial charge in [0.05, 0.1) is 40.6 Å². The number of carbonyl (C=O) groups is 1. The summed E-state index contributed by atoms with van der Waals surface area (Å²) in [6.45, 7) is 1.37. The van der Waals surface area contributed by atoms with E-state index in [1.165, 1.54) is 0 Å². The Hall–Kier alpha value is -4.91. The molecule has 4 heterocycles. The average molecular weight is 450 g/mol. The van der Waals surface area contributed by atoms with E-state index in [9.17, 15) is 14.9 Å². The summed E-state index contributed by atoms with van der Waals surface area (Å²) in [7, 11) is 0. The Balaban J connectivity index is 1.61. The SMILES string of the molecule is N#Cc1ccc(-c2nc3c(N4CCNC(=O)C4)nccn3c2-c2ccc3[nH]c(=O)[nH]c3c2)cc1. The predicted octanol–water partition coefficient (Wildman–Crippen LogP) is 2.04. The molecule has 3 aromatic heterocycles. The van der Waals surface area contributed by atoms with Crippen molar-refractivity contribution in [3.05, 3.63) is 70.9 Å². The Labute approximate surface area is 192 Å². The third-order valence-corrected chi connectivity index (χ3v) is 5.94. The molecule has 1 aliphatic rings. The van der Waals surface area contributed by atoms with E-state index in [-0.39, 0.29) is 18.1 Å². The van der Waals surface area contributed by atoms with Crippen molar-refractivity contribution >= 4 is 28.4 Å². The third-order valence-electron chi connectivity index (χ3n) is 5.94. The minimum Gasteiger partial charge on any atom is -0.353 e. The molecule has 166 valence electrons. The fourth-order valence-electron chi connectivity index (χ4n) is 4.37. The normalized spacial score (nSPS) is 13.9. The van der Waals surface area contributed by atoms with Crippen molar-refractivity contribution in [1.29, 1.82) is 5.26 Å². The van der Waals surface area contributed by atoms with Crippen molar-refractivity contribution in [2.45, 2.75) is 0 Å². The number of nitrogens with one attached hydrogen (secondary N) is 3. The number of H-pyrrole nitrogens is 2. The molecule has 0 radical (unpaired) electrons. The van der Waals surface area contributed by atoms with Gasteiger partial charge in [-0.1, -0.05) is 18.2 Å². The van der Waals surface area contributed by atoms with Crippen molar-refractivity contribution < 1.29 is 4.79 Å². The number of aromatic nitrogens is 5. The number of carbonyl (C=O) groups excluding carboxylic acids is 1. The Morgan fingerprint density at radius 2 is 1.79 bits per heavy atom.